The Morgan fingerprint density at radius 2 is 1.95 bits per heavy atom. The predicted octanol–water partition coefficient (Wildman–Crippen LogP) is 2.10. The van der Waals surface area contributed by atoms with Gasteiger partial charge in [-0.3, -0.25) is 9.36 Å². The second-order valence-electron chi connectivity index (χ2n) is 4.49. The van der Waals surface area contributed by atoms with Gasteiger partial charge in [0, 0.05) is 16.8 Å². The molecular formula is C15H12ClN3O2. The fourth-order valence-electron chi connectivity index (χ4n) is 2.18. The second-order valence-corrected chi connectivity index (χ2v) is 4.93. The second kappa shape index (κ2) is 5.63. The largest absolute Gasteiger partial charge is 0.395 e. The molecule has 0 atom stereocenters. The molecule has 0 saturated heterocycles. The number of fused-ring (bicyclic) bond motifs is 1. The molecule has 0 spiro atoms. The summed E-state index contributed by atoms with van der Waals surface area (Å²) in [6.45, 7) is 0.0328. The van der Waals surface area contributed by atoms with E-state index >= 15 is 0 Å². The summed E-state index contributed by atoms with van der Waals surface area (Å²) in [5.41, 5.74) is 1.80. The molecule has 21 heavy (non-hydrogen) atoms. The van der Waals surface area contributed by atoms with Crippen molar-refractivity contribution in [1.82, 2.24) is 14.5 Å². The topological polar surface area (TPSA) is 68.0 Å². The smallest absolute Gasteiger partial charge is 0.278 e. The lowest BCUT2D eigenvalue weighted by molar-refractivity contribution is 0.276. The third kappa shape index (κ3) is 2.53. The van der Waals surface area contributed by atoms with Gasteiger partial charge in [0.05, 0.1) is 13.2 Å². The van der Waals surface area contributed by atoms with E-state index in [0.717, 1.165) is 0 Å². The van der Waals surface area contributed by atoms with Crippen molar-refractivity contribution in [2.45, 2.75) is 6.54 Å². The molecule has 3 rings (SSSR count). The van der Waals surface area contributed by atoms with Gasteiger partial charge in [0.15, 0.2) is 5.65 Å². The van der Waals surface area contributed by atoms with E-state index in [1.807, 2.05) is 0 Å². The van der Waals surface area contributed by atoms with Crippen LogP contribution in [-0.4, -0.2) is 26.2 Å². The summed E-state index contributed by atoms with van der Waals surface area (Å²) in [5.74, 6) is 0. The number of hydrogen-bond acceptors (Lipinski definition) is 4. The standard InChI is InChI=1S/C15H12ClN3O2/c16-11-5-3-10(4-6-11)13-15(21)19(8-9-20)14-12(18-13)2-1-7-17-14/h1-7,20H,8-9H2. The number of benzene rings is 1. The minimum Gasteiger partial charge on any atom is -0.395 e. The summed E-state index contributed by atoms with van der Waals surface area (Å²) in [4.78, 5) is 21.1. The van der Waals surface area contributed by atoms with Gasteiger partial charge < -0.3 is 5.11 Å². The molecule has 106 valence electrons. The molecule has 0 fully saturated rings. The molecule has 0 aliphatic heterocycles. The van der Waals surface area contributed by atoms with Crippen molar-refractivity contribution in [2.24, 2.45) is 0 Å². The first-order chi connectivity index (χ1) is 10.2. The van der Waals surface area contributed by atoms with Crippen molar-refractivity contribution in [3.8, 4) is 11.3 Å². The van der Waals surface area contributed by atoms with Crippen molar-refractivity contribution < 1.29 is 5.11 Å². The lowest BCUT2D eigenvalue weighted by Gasteiger charge is -2.10. The predicted molar refractivity (Wildman–Crippen MR) is 81.3 cm³/mol. The Bertz CT molecular complexity index is 844. The molecule has 0 radical (unpaired) electrons. The number of aliphatic hydroxyl groups is 1. The normalized spacial score (nSPS) is 11.0. The summed E-state index contributed by atoms with van der Waals surface area (Å²) in [6, 6.07) is 10.5. The number of pyridine rings is 1. The van der Waals surface area contributed by atoms with Gasteiger partial charge >= 0.3 is 0 Å². The van der Waals surface area contributed by atoms with Gasteiger partial charge in [-0.15, -0.1) is 0 Å². The minimum atomic E-state index is -0.280. The molecule has 3 aromatic rings. The van der Waals surface area contributed by atoms with E-state index in [1.165, 1.54) is 4.57 Å². The molecule has 0 aliphatic carbocycles. The highest BCUT2D eigenvalue weighted by molar-refractivity contribution is 6.30. The Labute approximate surface area is 125 Å². The van der Waals surface area contributed by atoms with Crippen LogP contribution in [0.25, 0.3) is 22.4 Å². The Morgan fingerprint density at radius 1 is 1.19 bits per heavy atom. The zero-order chi connectivity index (χ0) is 14.8. The molecule has 5 nitrogen and oxygen atoms in total. The number of halogens is 1. The molecule has 0 saturated carbocycles. The van der Waals surface area contributed by atoms with Crippen molar-refractivity contribution in [2.75, 3.05) is 6.61 Å². The first kappa shape index (κ1) is 13.7. The number of aromatic nitrogens is 3. The van der Waals surface area contributed by atoms with Gasteiger partial charge in [0.1, 0.15) is 11.2 Å². The molecule has 1 aromatic carbocycles. The highest BCUT2D eigenvalue weighted by atomic mass is 35.5. The van der Waals surface area contributed by atoms with Gasteiger partial charge in [-0.2, -0.15) is 0 Å². The molecule has 0 aliphatic rings. The summed E-state index contributed by atoms with van der Waals surface area (Å²) in [7, 11) is 0. The molecular weight excluding hydrogens is 290 g/mol. The Kier molecular flexibility index (Phi) is 3.68. The van der Waals surface area contributed by atoms with Crippen molar-refractivity contribution in [3.63, 3.8) is 0 Å². The van der Waals surface area contributed by atoms with Crippen LogP contribution in [0.2, 0.25) is 5.02 Å². The van der Waals surface area contributed by atoms with E-state index in [1.54, 1.807) is 42.6 Å². The molecule has 0 bridgehead atoms. The lowest BCUT2D eigenvalue weighted by atomic mass is 10.1. The van der Waals surface area contributed by atoms with E-state index in [4.69, 9.17) is 11.6 Å². The molecule has 2 heterocycles. The third-order valence-electron chi connectivity index (χ3n) is 3.14. The first-order valence-electron chi connectivity index (χ1n) is 6.43. The van der Waals surface area contributed by atoms with Gasteiger partial charge in [-0.05, 0) is 24.3 Å². The fourth-order valence-corrected chi connectivity index (χ4v) is 2.31. The van der Waals surface area contributed by atoms with Crippen molar-refractivity contribution >= 4 is 22.8 Å². The van der Waals surface area contributed by atoms with Gasteiger partial charge in [-0.1, -0.05) is 23.7 Å². The Morgan fingerprint density at radius 3 is 2.67 bits per heavy atom. The van der Waals surface area contributed by atoms with Crippen molar-refractivity contribution in [1.29, 1.82) is 0 Å². The van der Waals surface area contributed by atoms with E-state index in [2.05, 4.69) is 9.97 Å². The highest BCUT2D eigenvalue weighted by Gasteiger charge is 2.13. The quantitative estimate of drug-likeness (QED) is 0.804. The average Bonchev–Trinajstić information content (AvgIpc) is 2.51. The Balaban J connectivity index is 2.30. The SMILES string of the molecule is O=c1c(-c2ccc(Cl)cc2)nc2cccnc2n1CCO. The van der Waals surface area contributed by atoms with Crippen LogP contribution in [0.3, 0.4) is 0 Å². The van der Waals surface area contributed by atoms with Gasteiger partial charge in [0.25, 0.3) is 5.56 Å². The van der Waals surface area contributed by atoms with Gasteiger partial charge in [-0.25, -0.2) is 9.97 Å². The average molecular weight is 302 g/mol. The number of aliphatic hydroxyl groups excluding tert-OH is 1. The zero-order valence-corrected chi connectivity index (χ0v) is 11.8. The molecule has 6 heteroatoms. The zero-order valence-electron chi connectivity index (χ0n) is 11.0. The summed E-state index contributed by atoms with van der Waals surface area (Å²) in [6.07, 6.45) is 1.60. The first-order valence-corrected chi connectivity index (χ1v) is 6.81. The highest BCUT2D eigenvalue weighted by Crippen LogP contribution is 2.19. The molecule has 1 N–H and O–H groups in total. The van der Waals surface area contributed by atoms with Crippen LogP contribution in [0.4, 0.5) is 0 Å². The van der Waals surface area contributed by atoms with Crippen molar-refractivity contribution in [3.05, 3.63) is 58.0 Å². The number of nitrogens with zero attached hydrogens (tertiary/aromatic N) is 3. The van der Waals surface area contributed by atoms with E-state index in [0.29, 0.717) is 27.4 Å². The van der Waals surface area contributed by atoms with Crippen LogP contribution < -0.4 is 5.56 Å². The Hall–Kier alpha value is -2.24. The summed E-state index contributed by atoms with van der Waals surface area (Å²) >= 11 is 5.87. The van der Waals surface area contributed by atoms with Crippen LogP contribution in [0.1, 0.15) is 0 Å². The molecule has 0 unspecified atom stereocenters. The molecule has 0 amide bonds. The van der Waals surface area contributed by atoms with Crippen LogP contribution in [-0.2, 0) is 6.54 Å². The number of hydrogen-bond donors (Lipinski definition) is 1. The van der Waals surface area contributed by atoms with Crippen LogP contribution in [0.5, 0.6) is 0 Å². The minimum absolute atomic E-state index is 0.143. The maximum atomic E-state index is 12.6. The summed E-state index contributed by atoms with van der Waals surface area (Å²) in [5, 5.41) is 9.77. The van der Waals surface area contributed by atoms with Crippen LogP contribution >= 0.6 is 11.6 Å². The lowest BCUT2D eigenvalue weighted by Crippen LogP contribution is -2.25. The summed E-state index contributed by atoms with van der Waals surface area (Å²) < 4.78 is 1.44. The van der Waals surface area contributed by atoms with Crippen LogP contribution in [0, 0.1) is 0 Å². The maximum Gasteiger partial charge on any atom is 0.278 e. The third-order valence-corrected chi connectivity index (χ3v) is 3.39. The number of rotatable bonds is 3. The van der Waals surface area contributed by atoms with Gasteiger partial charge in [0.2, 0.25) is 0 Å². The van der Waals surface area contributed by atoms with Crippen LogP contribution in [0.15, 0.2) is 47.4 Å². The fraction of sp³-hybridized carbons (Fsp3) is 0.133. The van der Waals surface area contributed by atoms with E-state index in [9.17, 15) is 9.90 Å². The van der Waals surface area contributed by atoms with E-state index < -0.39 is 0 Å². The maximum absolute atomic E-state index is 12.6. The monoisotopic (exact) mass is 301 g/mol. The molecule has 2 aromatic heterocycles. The van der Waals surface area contributed by atoms with E-state index in [-0.39, 0.29) is 18.7 Å².